The second-order valence-electron chi connectivity index (χ2n) is 5.20. The van der Waals surface area contributed by atoms with Crippen LogP contribution >= 0.6 is 0 Å². The minimum absolute atomic E-state index is 0.305. The van der Waals surface area contributed by atoms with Crippen molar-refractivity contribution in [1.82, 2.24) is 14.9 Å². The average Bonchev–Trinajstić information content (AvgIpc) is 2.50. The zero-order valence-electron chi connectivity index (χ0n) is 10.5. The third kappa shape index (κ3) is 3.34. The van der Waals surface area contributed by atoms with E-state index >= 15 is 0 Å². The summed E-state index contributed by atoms with van der Waals surface area (Å²) in [7, 11) is 4.09. The number of hydrogen-bond donors (Lipinski definition) is 1. The molecule has 0 fully saturated rings. The van der Waals surface area contributed by atoms with Crippen molar-refractivity contribution in [3.8, 4) is 0 Å². The number of rotatable bonds is 4. The zero-order valence-corrected chi connectivity index (χ0v) is 10.5. The van der Waals surface area contributed by atoms with Crippen LogP contribution in [0.5, 0.6) is 0 Å². The van der Waals surface area contributed by atoms with Crippen molar-refractivity contribution in [2.45, 2.75) is 39.7 Å². The van der Waals surface area contributed by atoms with Gasteiger partial charge in [-0.15, -0.1) is 0 Å². The molecule has 0 aromatic carbocycles. The molecule has 0 spiro atoms. The predicted molar refractivity (Wildman–Crippen MR) is 63.8 cm³/mol. The number of hydrogen-bond acceptors (Lipinski definition) is 2. The van der Waals surface area contributed by atoms with Gasteiger partial charge in [-0.3, -0.25) is 0 Å². The fourth-order valence-electron chi connectivity index (χ4n) is 1.92. The first-order chi connectivity index (χ1) is 6.95. The molecule has 0 amide bonds. The lowest BCUT2D eigenvalue weighted by molar-refractivity contribution is 0.266. The smallest absolute Gasteiger partial charge is 0.108 e. The molecule has 0 radical (unpaired) electrons. The third-order valence-electron chi connectivity index (χ3n) is 2.97. The first kappa shape index (κ1) is 12.2. The number of nitrogens with zero attached hydrogens (tertiary/aromatic N) is 2. The van der Waals surface area contributed by atoms with E-state index in [-0.39, 0.29) is 0 Å². The Labute approximate surface area is 92.9 Å². The molecule has 0 bridgehead atoms. The van der Waals surface area contributed by atoms with Crippen molar-refractivity contribution >= 4 is 0 Å². The Hall–Kier alpha value is -0.830. The fourth-order valence-corrected chi connectivity index (χ4v) is 1.92. The highest BCUT2D eigenvalue weighted by atomic mass is 15.0. The van der Waals surface area contributed by atoms with Gasteiger partial charge in [-0.05, 0) is 18.9 Å². The Bertz CT molecular complexity index is 296. The summed E-state index contributed by atoms with van der Waals surface area (Å²) in [4.78, 5) is 4.34. The maximum atomic E-state index is 4.34. The largest absolute Gasteiger partial charge is 0.338 e. The van der Waals surface area contributed by atoms with Gasteiger partial charge in [0.2, 0.25) is 0 Å². The van der Waals surface area contributed by atoms with Gasteiger partial charge in [-0.25, -0.2) is 4.98 Å². The highest BCUT2D eigenvalue weighted by Gasteiger charge is 2.22. The molecule has 1 N–H and O–H groups in total. The first-order valence-electron chi connectivity index (χ1n) is 5.58. The van der Waals surface area contributed by atoms with Crippen LogP contribution in [0, 0.1) is 5.41 Å². The van der Waals surface area contributed by atoms with Gasteiger partial charge in [0.05, 0.1) is 0 Å². The van der Waals surface area contributed by atoms with Crippen LogP contribution in [0.4, 0.5) is 0 Å². The Balaban J connectivity index is 2.52. The molecule has 0 saturated carbocycles. The highest BCUT2D eigenvalue weighted by molar-refractivity contribution is 4.93. The van der Waals surface area contributed by atoms with E-state index in [9.17, 15) is 0 Å². The van der Waals surface area contributed by atoms with E-state index in [1.807, 2.05) is 26.5 Å². The molecule has 1 heterocycles. The van der Waals surface area contributed by atoms with Crippen LogP contribution in [-0.4, -0.2) is 22.6 Å². The molecule has 0 aliphatic carbocycles. The van der Waals surface area contributed by atoms with E-state index in [0.717, 1.165) is 12.8 Å². The van der Waals surface area contributed by atoms with Crippen LogP contribution < -0.4 is 5.32 Å². The van der Waals surface area contributed by atoms with E-state index in [1.165, 1.54) is 5.82 Å². The van der Waals surface area contributed by atoms with Crippen molar-refractivity contribution in [2.24, 2.45) is 12.5 Å². The zero-order chi connectivity index (χ0) is 11.5. The van der Waals surface area contributed by atoms with E-state index in [0.29, 0.717) is 11.5 Å². The van der Waals surface area contributed by atoms with Gasteiger partial charge in [0, 0.05) is 31.9 Å². The standard InChI is InChI=1S/C12H23N3/c1-12(2,3)10(13-4)6-7-11-14-8-9-15(11)5/h8-10,13H,6-7H2,1-5H3. The summed E-state index contributed by atoms with van der Waals surface area (Å²) in [5, 5.41) is 3.39. The summed E-state index contributed by atoms with van der Waals surface area (Å²) in [5.41, 5.74) is 0.305. The number of aryl methyl sites for hydroxylation is 2. The molecule has 3 nitrogen and oxygen atoms in total. The third-order valence-corrected chi connectivity index (χ3v) is 2.97. The van der Waals surface area contributed by atoms with Crippen molar-refractivity contribution in [1.29, 1.82) is 0 Å². The molecule has 1 unspecified atom stereocenters. The first-order valence-corrected chi connectivity index (χ1v) is 5.58. The maximum Gasteiger partial charge on any atom is 0.108 e. The Morgan fingerprint density at radius 3 is 2.53 bits per heavy atom. The summed E-state index contributed by atoms with van der Waals surface area (Å²) < 4.78 is 2.09. The van der Waals surface area contributed by atoms with Gasteiger partial charge < -0.3 is 9.88 Å². The van der Waals surface area contributed by atoms with Crippen LogP contribution in [0.25, 0.3) is 0 Å². The van der Waals surface area contributed by atoms with Crippen LogP contribution in [0.2, 0.25) is 0 Å². The molecule has 0 aliphatic heterocycles. The fraction of sp³-hybridized carbons (Fsp3) is 0.750. The molecule has 0 aliphatic rings. The monoisotopic (exact) mass is 209 g/mol. The summed E-state index contributed by atoms with van der Waals surface area (Å²) in [5.74, 6) is 1.17. The molecular formula is C12H23N3. The molecule has 3 heteroatoms. The van der Waals surface area contributed by atoms with Crippen LogP contribution in [0.1, 0.15) is 33.0 Å². The predicted octanol–water partition coefficient (Wildman–Crippen LogP) is 1.99. The van der Waals surface area contributed by atoms with Gasteiger partial charge in [-0.1, -0.05) is 20.8 Å². The lowest BCUT2D eigenvalue weighted by Crippen LogP contribution is -2.38. The number of imidazole rings is 1. The minimum atomic E-state index is 0.305. The van der Waals surface area contributed by atoms with Crippen LogP contribution in [0.3, 0.4) is 0 Å². The van der Waals surface area contributed by atoms with Gasteiger partial charge in [-0.2, -0.15) is 0 Å². The molecule has 86 valence electrons. The van der Waals surface area contributed by atoms with Crippen molar-refractivity contribution in [3.63, 3.8) is 0 Å². The van der Waals surface area contributed by atoms with Gasteiger partial charge in [0.25, 0.3) is 0 Å². The molecule has 1 rings (SSSR count). The molecule has 1 aromatic heterocycles. The SMILES string of the molecule is CNC(CCc1nccn1C)C(C)(C)C. The molecule has 15 heavy (non-hydrogen) atoms. The topological polar surface area (TPSA) is 29.9 Å². The van der Waals surface area contributed by atoms with Crippen molar-refractivity contribution < 1.29 is 0 Å². The maximum absolute atomic E-state index is 4.34. The van der Waals surface area contributed by atoms with E-state index in [4.69, 9.17) is 0 Å². The van der Waals surface area contributed by atoms with Gasteiger partial charge in [0.1, 0.15) is 5.82 Å². The number of nitrogens with one attached hydrogen (secondary N) is 1. The summed E-state index contributed by atoms with van der Waals surface area (Å²) in [6.45, 7) is 6.81. The van der Waals surface area contributed by atoms with Gasteiger partial charge in [0.15, 0.2) is 0 Å². The molecule has 1 atom stereocenters. The second kappa shape index (κ2) is 4.79. The molecule has 1 aromatic rings. The van der Waals surface area contributed by atoms with Crippen LogP contribution in [-0.2, 0) is 13.5 Å². The summed E-state index contributed by atoms with van der Waals surface area (Å²) in [6.07, 6.45) is 6.03. The highest BCUT2D eigenvalue weighted by Crippen LogP contribution is 2.22. The van der Waals surface area contributed by atoms with E-state index < -0.39 is 0 Å². The van der Waals surface area contributed by atoms with Gasteiger partial charge >= 0.3 is 0 Å². The lowest BCUT2D eigenvalue weighted by Gasteiger charge is -2.30. The Kier molecular flexibility index (Phi) is 3.91. The quantitative estimate of drug-likeness (QED) is 0.822. The summed E-state index contributed by atoms with van der Waals surface area (Å²) in [6, 6.07) is 0.536. The average molecular weight is 209 g/mol. The molecule has 0 saturated heterocycles. The van der Waals surface area contributed by atoms with E-state index in [1.54, 1.807) is 0 Å². The molecular weight excluding hydrogens is 186 g/mol. The van der Waals surface area contributed by atoms with Crippen molar-refractivity contribution in [2.75, 3.05) is 7.05 Å². The van der Waals surface area contributed by atoms with Crippen molar-refractivity contribution in [3.05, 3.63) is 18.2 Å². The summed E-state index contributed by atoms with van der Waals surface area (Å²) >= 11 is 0. The van der Waals surface area contributed by atoms with Crippen LogP contribution in [0.15, 0.2) is 12.4 Å². The Morgan fingerprint density at radius 1 is 1.47 bits per heavy atom. The normalized spacial score (nSPS) is 14.2. The Morgan fingerprint density at radius 2 is 2.13 bits per heavy atom. The number of aromatic nitrogens is 2. The minimum Gasteiger partial charge on any atom is -0.338 e. The second-order valence-corrected chi connectivity index (χ2v) is 5.20. The van der Waals surface area contributed by atoms with E-state index in [2.05, 4.69) is 35.6 Å². The lowest BCUT2D eigenvalue weighted by atomic mass is 9.84.